The molecule has 1 fully saturated rings. The third-order valence-corrected chi connectivity index (χ3v) is 2.64. The molecule has 1 saturated heterocycles. The van der Waals surface area contributed by atoms with Crippen molar-refractivity contribution < 1.29 is 4.79 Å². The van der Waals surface area contributed by atoms with Gasteiger partial charge in [0.05, 0.1) is 6.04 Å². The number of H-pyrrole nitrogens is 1. The van der Waals surface area contributed by atoms with Gasteiger partial charge in [0.25, 0.3) is 0 Å². The van der Waals surface area contributed by atoms with Crippen molar-refractivity contribution in [3.05, 3.63) is 24.0 Å². The smallest absolute Gasteiger partial charge is 0.220 e. The summed E-state index contributed by atoms with van der Waals surface area (Å²) in [5, 5.41) is 0. The number of aromatic nitrogens is 1. The molecule has 13 heavy (non-hydrogen) atoms. The van der Waals surface area contributed by atoms with Gasteiger partial charge in [-0.05, 0) is 25.0 Å². The van der Waals surface area contributed by atoms with Crippen LogP contribution in [0.25, 0.3) is 0 Å². The van der Waals surface area contributed by atoms with Crippen molar-refractivity contribution in [3.8, 4) is 0 Å². The van der Waals surface area contributed by atoms with Gasteiger partial charge in [-0.2, -0.15) is 0 Å². The monoisotopic (exact) mass is 178 g/mol. The van der Waals surface area contributed by atoms with Crippen LogP contribution in [0, 0.1) is 0 Å². The molecule has 1 N–H and O–H groups in total. The average Bonchev–Trinajstić information content (AvgIpc) is 2.74. The number of likely N-dealkylation sites (tertiary alicyclic amines) is 1. The SMILES string of the molecule is CC(=O)N1CCCC1c1ccc[nH]1. The van der Waals surface area contributed by atoms with E-state index in [1.165, 1.54) is 0 Å². The Balaban J connectivity index is 2.19. The molecule has 0 saturated carbocycles. The number of nitrogens with zero attached hydrogens (tertiary/aromatic N) is 1. The molecule has 70 valence electrons. The summed E-state index contributed by atoms with van der Waals surface area (Å²) in [4.78, 5) is 16.4. The first-order chi connectivity index (χ1) is 6.29. The van der Waals surface area contributed by atoms with Crippen LogP contribution in [-0.2, 0) is 4.79 Å². The number of carbonyl (C=O) groups is 1. The van der Waals surface area contributed by atoms with E-state index in [2.05, 4.69) is 4.98 Å². The highest BCUT2D eigenvalue weighted by Crippen LogP contribution is 2.30. The summed E-state index contributed by atoms with van der Waals surface area (Å²) in [5.41, 5.74) is 1.16. The summed E-state index contributed by atoms with van der Waals surface area (Å²) in [6.07, 6.45) is 4.11. The van der Waals surface area contributed by atoms with Crippen molar-refractivity contribution >= 4 is 5.91 Å². The van der Waals surface area contributed by atoms with E-state index < -0.39 is 0 Å². The summed E-state index contributed by atoms with van der Waals surface area (Å²) < 4.78 is 0. The second-order valence-corrected chi connectivity index (χ2v) is 3.50. The van der Waals surface area contributed by atoms with E-state index in [1.807, 2.05) is 23.2 Å². The Morgan fingerprint density at radius 2 is 2.54 bits per heavy atom. The van der Waals surface area contributed by atoms with Crippen molar-refractivity contribution in [2.75, 3.05) is 6.54 Å². The quantitative estimate of drug-likeness (QED) is 0.698. The average molecular weight is 178 g/mol. The van der Waals surface area contributed by atoms with Gasteiger partial charge in [0.1, 0.15) is 0 Å². The number of amides is 1. The Labute approximate surface area is 77.7 Å². The largest absolute Gasteiger partial charge is 0.363 e. The Bertz CT molecular complexity index is 292. The summed E-state index contributed by atoms with van der Waals surface area (Å²) in [6, 6.07) is 4.31. The van der Waals surface area contributed by atoms with Gasteiger partial charge in [0.2, 0.25) is 5.91 Å². The zero-order valence-electron chi connectivity index (χ0n) is 7.79. The molecule has 2 heterocycles. The van der Waals surface area contributed by atoms with E-state index in [1.54, 1.807) is 6.92 Å². The molecule has 3 nitrogen and oxygen atoms in total. The first-order valence-electron chi connectivity index (χ1n) is 4.69. The van der Waals surface area contributed by atoms with Gasteiger partial charge in [-0.1, -0.05) is 0 Å². The highest BCUT2D eigenvalue weighted by molar-refractivity contribution is 5.74. The van der Waals surface area contributed by atoms with Crippen LogP contribution in [-0.4, -0.2) is 22.3 Å². The molecule has 0 bridgehead atoms. The number of aromatic amines is 1. The summed E-state index contributed by atoms with van der Waals surface area (Å²) in [5.74, 6) is 0.178. The zero-order chi connectivity index (χ0) is 9.26. The van der Waals surface area contributed by atoms with E-state index in [0.29, 0.717) is 0 Å². The second kappa shape index (κ2) is 3.24. The molecule has 1 atom stereocenters. The van der Waals surface area contributed by atoms with Crippen LogP contribution in [0.1, 0.15) is 31.5 Å². The molecule has 0 aliphatic carbocycles. The lowest BCUT2D eigenvalue weighted by Gasteiger charge is -2.22. The van der Waals surface area contributed by atoms with Crippen LogP contribution in [0.15, 0.2) is 18.3 Å². The lowest BCUT2D eigenvalue weighted by molar-refractivity contribution is -0.129. The molecule has 1 aliphatic rings. The normalized spacial score (nSPS) is 22.2. The standard InChI is InChI=1S/C10H14N2O/c1-8(13)12-7-3-5-10(12)9-4-2-6-11-9/h2,4,6,10-11H,3,5,7H2,1H3. The number of carbonyl (C=O) groups excluding carboxylic acids is 1. The van der Waals surface area contributed by atoms with E-state index >= 15 is 0 Å². The maximum absolute atomic E-state index is 11.3. The van der Waals surface area contributed by atoms with E-state index in [4.69, 9.17) is 0 Å². The van der Waals surface area contributed by atoms with Gasteiger partial charge in [-0.25, -0.2) is 0 Å². The molecule has 0 aromatic carbocycles. The molecule has 1 unspecified atom stereocenters. The predicted octanol–water partition coefficient (Wildman–Crippen LogP) is 1.70. The van der Waals surface area contributed by atoms with Crippen molar-refractivity contribution in [3.63, 3.8) is 0 Å². The predicted molar refractivity (Wildman–Crippen MR) is 50.2 cm³/mol. The van der Waals surface area contributed by atoms with Crippen molar-refractivity contribution in [2.45, 2.75) is 25.8 Å². The fraction of sp³-hybridized carbons (Fsp3) is 0.500. The third kappa shape index (κ3) is 1.46. The van der Waals surface area contributed by atoms with Crippen LogP contribution < -0.4 is 0 Å². The minimum Gasteiger partial charge on any atom is -0.363 e. The first kappa shape index (κ1) is 8.35. The van der Waals surface area contributed by atoms with Gasteiger partial charge in [-0.3, -0.25) is 4.79 Å². The maximum Gasteiger partial charge on any atom is 0.220 e. The number of rotatable bonds is 1. The van der Waals surface area contributed by atoms with Crippen molar-refractivity contribution in [1.82, 2.24) is 9.88 Å². The van der Waals surface area contributed by atoms with Gasteiger partial charge in [0.15, 0.2) is 0 Å². The molecule has 3 heteroatoms. The van der Waals surface area contributed by atoms with Crippen LogP contribution in [0.2, 0.25) is 0 Å². The molecule has 1 aromatic rings. The third-order valence-electron chi connectivity index (χ3n) is 2.64. The highest BCUT2D eigenvalue weighted by Gasteiger charge is 2.27. The van der Waals surface area contributed by atoms with Gasteiger partial charge < -0.3 is 9.88 Å². The fourth-order valence-corrected chi connectivity index (χ4v) is 2.02. The number of hydrogen-bond donors (Lipinski definition) is 1. The van der Waals surface area contributed by atoms with Crippen LogP contribution in [0.5, 0.6) is 0 Å². The fourth-order valence-electron chi connectivity index (χ4n) is 2.02. The van der Waals surface area contributed by atoms with Crippen molar-refractivity contribution in [2.24, 2.45) is 0 Å². The first-order valence-corrected chi connectivity index (χ1v) is 4.69. The Hall–Kier alpha value is -1.25. The molecule has 1 amide bonds. The topological polar surface area (TPSA) is 36.1 Å². The number of nitrogens with one attached hydrogen (secondary N) is 1. The molecule has 1 aromatic heterocycles. The molecule has 1 aliphatic heterocycles. The Morgan fingerprint density at radius 3 is 3.15 bits per heavy atom. The van der Waals surface area contributed by atoms with E-state index in [-0.39, 0.29) is 11.9 Å². The number of hydrogen-bond acceptors (Lipinski definition) is 1. The van der Waals surface area contributed by atoms with Crippen molar-refractivity contribution in [1.29, 1.82) is 0 Å². The lowest BCUT2D eigenvalue weighted by Crippen LogP contribution is -2.28. The van der Waals surface area contributed by atoms with Crippen LogP contribution >= 0.6 is 0 Å². The maximum atomic E-state index is 11.3. The van der Waals surface area contributed by atoms with E-state index in [0.717, 1.165) is 25.1 Å². The van der Waals surface area contributed by atoms with Crippen LogP contribution in [0.3, 0.4) is 0 Å². The minimum absolute atomic E-state index is 0.178. The Morgan fingerprint density at radius 1 is 1.69 bits per heavy atom. The van der Waals surface area contributed by atoms with Gasteiger partial charge in [-0.15, -0.1) is 0 Å². The summed E-state index contributed by atoms with van der Waals surface area (Å²) in [7, 11) is 0. The Kier molecular flexibility index (Phi) is 2.08. The zero-order valence-corrected chi connectivity index (χ0v) is 7.79. The highest BCUT2D eigenvalue weighted by atomic mass is 16.2. The molecular formula is C10H14N2O. The van der Waals surface area contributed by atoms with E-state index in [9.17, 15) is 4.79 Å². The second-order valence-electron chi connectivity index (χ2n) is 3.50. The molecule has 0 spiro atoms. The molecular weight excluding hydrogens is 164 g/mol. The summed E-state index contributed by atoms with van der Waals surface area (Å²) >= 11 is 0. The summed E-state index contributed by atoms with van der Waals surface area (Å²) in [6.45, 7) is 2.54. The van der Waals surface area contributed by atoms with Crippen LogP contribution in [0.4, 0.5) is 0 Å². The minimum atomic E-state index is 0.178. The van der Waals surface area contributed by atoms with Gasteiger partial charge >= 0.3 is 0 Å². The van der Waals surface area contributed by atoms with Gasteiger partial charge in [0, 0.05) is 25.4 Å². The molecule has 2 rings (SSSR count). The molecule has 0 radical (unpaired) electrons. The lowest BCUT2D eigenvalue weighted by atomic mass is 10.1.